The summed E-state index contributed by atoms with van der Waals surface area (Å²) >= 11 is 0. The SMILES string of the molecule is NCCCNC(=O)c1cn[nH]c1-c1cccc(OC(F)F)c1. The lowest BCUT2D eigenvalue weighted by Crippen LogP contribution is -2.26. The highest BCUT2D eigenvalue weighted by Crippen LogP contribution is 2.25. The number of nitrogens with two attached hydrogens (primary N) is 1. The number of halogens is 2. The van der Waals surface area contributed by atoms with Crippen molar-refractivity contribution in [2.24, 2.45) is 5.73 Å². The predicted molar refractivity (Wildman–Crippen MR) is 76.7 cm³/mol. The number of hydrogen-bond donors (Lipinski definition) is 3. The second kappa shape index (κ2) is 7.51. The highest BCUT2D eigenvalue weighted by molar-refractivity contribution is 5.99. The molecular weight excluding hydrogens is 294 g/mol. The average Bonchev–Trinajstić information content (AvgIpc) is 2.96. The van der Waals surface area contributed by atoms with Crippen LogP contribution in [0.5, 0.6) is 5.75 Å². The zero-order chi connectivity index (χ0) is 15.9. The fourth-order valence-corrected chi connectivity index (χ4v) is 1.91. The van der Waals surface area contributed by atoms with Crippen LogP contribution in [0.3, 0.4) is 0 Å². The van der Waals surface area contributed by atoms with Crippen LogP contribution in [0, 0.1) is 0 Å². The molecule has 0 saturated heterocycles. The number of aromatic amines is 1. The monoisotopic (exact) mass is 310 g/mol. The molecule has 0 bridgehead atoms. The van der Waals surface area contributed by atoms with Crippen molar-refractivity contribution in [3.63, 3.8) is 0 Å². The summed E-state index contributed by atoms with van der Waals surface area (Å²) in [7, 11) is 0. The number of nitrogens with zero attached hydrogens (tertiary/aromatic N) is 1. The number of hydrogen-bond acceptors (Lipinski definition) is 4. The van der Waals surface area contributed by atoms with Gasteiger partial charge in [-0.3, -0.25) is 9.89 Å². The van der Waals surface area contributed by atoms with Gasteiger partial charge in [-0.25, -0.2) is 0 Å². The van der Waals surface area contributed by atoms with Crippen molar-refractivity contribution in [3.05, 3.63) is 36.0 Å². The Labute approximate surface area is 125 Å². The molecule has 0 unspecified atom stereocenters. The lowest BCUT2D eigenvalue weighted by molar-refractivity contribution is -0.0498. The molecule has 2 rings (SSSR count). The third-order valence-corrected chi connectivity index (χ3v) is 2.90. The van der Waals surface area contributed by atoms with Crippen molar-refractivity contribution in [2.45, 2.75) is 13.0 Å². The van der Waals surface area contributed by atoms with E-state index in [1.165, 1.54) is 18.3 Å². The number of nitrogens with one attached hydrogen (secondary N) is 2. The average molecular weight is 310 g/mol. The minimum atomic E-state index is -2.91. The number of amides is 1. The van der Waals surface area contributed by atoms with Gasteiger partial charge in [0.15, 0.2) is 0 Å². The number of rotatable bonds is 7. The van der Waals surface area contributed by atoms with Crippen LogP contribution in [0.4, 0.5) is 8.78 Å². The zero-order valence-electron chi connectivity index (χ0n) is 11.7. The van der Waals surface area contributed by atoms with Gasteiger partial charge in [0.05, 0.1) is 17.5 Å². The third kappa shape index (κ3) is 4.01. The van der Waals surface area contributed by atoms with Crippen LogP contribution < -0.4 is 15.8 Å². The molecule has 2 aromatic rings. The van der Waals surface area contributed by atoms with E-state index in [9.17, 15) is 13.6 Å². The van der Waals surface area contributed by atoms with Crippen LogP contribution in [0.25, 0.3) is 11.3 Å². The van der Waals surface area contributed by atoms with Crippen LogP contribution >= 0.6 is 0 Å². The van der Waals surface area contributed by atoms with Gasteiger partial charge in [-0.05, 0) is 25.1 Å². The Bertz CT molecular complexity index is 631. The number of H-pyrrole nitrogens is 1. The zero-order valence-corrected chi connectivity index (χ0v) is 11.7. The quantitative estimate of drug-likeness (QED) is 0.679. The van der Waals surface area contributed by atoms with Crippen LogP contribution in [-0.4, -0.2) is 35.8 Å². The molecule has 1 heterocycles. The van der Waals surface area contributed by atoms with Gasteiger partial charge in [-0.15, -0.1) is 0 Å². The van der Waals surface area contributed by atoms with Crippen molar-refractivity contribution in [1.82, 2.24) is 15.5 Å². The number of alkyl halides is 2. The Hall–Kier alpha value is -2.48. The Morgan fingerprint density at radius 1 is 1.45 bits per heavy atom. The molecule has 1 aromatic heterocycles. The fraction of sp³-hybridized carbons (Fsp3) is 0.286. The van der Waals surface area contributed by atoms with E-state index < -0.39 is 6.61 Å². The molecule has 0 radical (unpaired) electrons. The molecule has 0 aliphatic carbocycles. The first-order chi connectivity index (χ1) is 10.6. The third-order valence-electron chi connectivity index (χ3n) is 2.90. The molecule has 6 nitrogen and oxygen atoms in total. The van der Waals surface area contributed by atoms with E-state index in [0.29, 0.717) is 36.3 Å². The van der Waals surface area contributed by atoms with Crippen molar-refractivity contribution in [2.75, 3.05) is 13.1 Å². The Balaban J connectivity index is 2.19. The van der Waals surface area contributed by atoms with Gasteiger partial charge in [0, 0.05) is 12.1 Å². The Morgan fingerprint density at radius 2 is 2.27 bits per heavy atom. The molecule has 4 N–H and O–H groups in total. The number of benzene rings is 1. The van der Waals surface area contributed by atoms with E-state index in [2.05, 4.69) is 20.3 Å². The molecule has 0 spiro atoms. The molecule has 0 aliphatic heterocycles. The van der Waals surface area contributed by atoms with Gasteiger partial charge in [0.25, 0.3) is 5.91 Å². The first-order valence-corrected chi connectivity index (χ1v) is 6.68. The summed E-state index contributed by atoms with van der Waals surface area (Å²) in [5.41, 5.74) is 6.65. The maximum absolute atomic E-state index is 12.3. The maximum atomic E-state index is 12.3. The van der Waals surface area contributed by atoms with Crippen LogP contribution in [0.1, 0.15) is 16.8 Å². The van der Waals surface area contributed by atoms with Crippen molar-refractivity contribution in [3.8, 4) is 17.0 Å². The van der Waals surface area contributed by atoms with E-state index in [-0.39, 0.29) is 11.7 Å². The molecular formula is C14H16F2N4O2. The Morgan fingerprint density at radius 3 is 3.00 bits per heavy atom. The van der Waals surface area contributed by atoms with Gasteiger partial charge < -0.3 is 15.8 Å². The summed E-state index contributed by atoms with van der Waals surface area (Å²) in [6.45, 7) is -1.98. The molecule has 1 aromatic carbocycles. The lowest BCUT2D eigenvalue weighted by Gasteiger charge is -2.08. The fourth-order valence-electron chi connectivity index (χ4n) is 1.91. The van der Waals surface area contributed by atoms with E-state index in [0.717, 1.165) is 0 Å². The van der Waals surface area contributed by atoms with Gasteiger partial charge in [0.2, 0.25) is 0 Å². The lowest BCUT2D eigenvalue weighted by atomic mass is 10.1. The second-order valence-corrected chi connectivity index (χ2v) is 4.46. The van der Waals surface area contributed by atoms with Crippen molar-refractivity contribution < 1.29 is 18.3 Å². The van der Waals surface area contributed by atoms with Crippen molar-refractivity contribution >= 4 is 5.91 Å². The number of carbonyl (C=O) groups is 1. The van der Waals surface area contributed by atoms with E-state index in [1.54, 1.807) is 12.1 Å². The standard InChI is InChI=1S/C14H16F2N4O2/c15-14(16)22-10-4-1-3-9(7-10)12-11(8-19-20-12)13(21)18-6-2-5-17/h1,3-4,7-8,14H,2,5-6,17H2,(H,18,21)(H,19,20). The number of ether oxygens (including phenoxy) is 1. The normalized spacial score (nSPS) is 10.7. The maximum Gasteiger partial charge on any atom is 0.387 e. The number of aromatic nitrogens is 2. The van der Waals surface area contributed by atoms with Gasteiger partial charge in [0.1, 0.15) is 5.75 Å². The van der Waals surface area contributed by atoms with E-state index in [1.807, 2.05) is 0 Å². The first-order valence-electron chi connectivity index (χ1n) is 6.68. The van der Waals surface area contributed by atoms with Crippen molar-refractivity contribution in [1.29, 1.82) is 0 Å². The topological polar surface area (TPSA) is 93.0 Å². The van der Waals surface area contributed by atoms with E-state index in [4.69, 9.17) is 5.73 Å². The molecule has 0 aliphatic rings. The van der Waals surface area contributed by atoms with Crippen LogP contribution in [0.2, 0.25) is 0 Å². The van der Waals surface area contributed by atoms with Gasteiger partial charge >= 0.3 is 6.61 Å². The Kier molecular flexibility index (Phi) is 5.42. The molecule has 1 amide bonds. The molecule has 0 fully saturated rings. The minimum absolute atomic E-state index is 0.0107. The highest BCUT2D eigenvalue weighted by atomic mass is 19.3. The summed E-state index contributed by atoms with van der Waals surface area (Å²) in [6, 6.07) is 6.05. The molecule has 118 valence electrons. The van der Waals surface area contributed by atoms with Gasteiger partial charge in [-0.2, -0.15) is 13.9 Å². The largest absolute Gasteiger partial charge is 0.435 e. The van der Waals surface area contributed by atoms with Crippen LogP contribution in [-0.2, 0) is 0 Å². The smallest absolute Gasteiger partial charge is 0.387 e. The van der Waals surface area contributed by atoms with Gasteiger partial charge in [-0.1, -0.05) is 12.1 Å². The first kappa shape index (κ1) is 15.9. The summed E-state index contributed by atoms with van der Waals surface area (Å²) in [6.07, 6.45) is 2.05. The minimum Gasteiger partial charge on any atom is -0.435 e. The summed E-state index contributed by atoms with van der Waals surface area (Å²) in [5.74, 6) is -0.297. The van der Waals surface area contributed by atoms with Crippen LogP contribution in [0.15, 0.2) is 30.5 Å². The summed E-state index contributed by atoms with van der Waals surface area (Å²) in [5, 5.41) is 9.25. The number of carbonyl (C=O) groups excluding carboxylic acids is 1. The predicted octanol–water partition coefficient (Wildman–Crippen LogP) is 1.76. The highest BCUT2D eigenvalue weighted by Gasteiger charge is 2.15. The molecule has 22 heavy (non-hydrogen) atoms. The molecule has 0 atom stereocenters. The molecule has 0 saturated carbocycles. The summed E-state index contributed by atoms with van der Waals surface area (Å²) < 4.78 is 28.9. The summed E-state index contributed by atoms with van der Waals surface area (Å²) in [4.78, 5) is 12.1. The second-order valence-electron chi connectivity index (χ2n) is 4.46. The van der Waals surface area contributed by atoms with E-state index >= 15 is 0 Å². The molecule has 8 heteroatoms.